The van der Waals surface area contributed by atoms with E-state index >= 15 is 0 Å². The lowest BCUT2D eigenvalue weighted by Crippen LogP contribution is -2.07. The van der Waals surface area contributed by atoms with E-state index < -0.39 is 0 Å². The van der Waals surface area contributed by atoms with Gasteiger partial charge in [-0.1, -0.05) is 56.7 Å². The van der Waals surface area contributed by atoms with Crippen molar-refractivity contribution in [2.75, 3.05) is 0 Å². The molecule has 0 saturated heterocycles. The van der Waals surface area contributed by atoms with Crippen LogP contribution in [-0.4, -0.2) is 0 Å². The smallest absolute Gasteiger partial charge is 0.0912 e. The Morgan fingerprint density at radius 1 is 1.33 bits per heavy atom. The second-order valence-corrected chi connectivity index (χ2v) is 5.72. The molecule has 0 fully saturated rings. The predicted molar refractivity (Wildman–Crippen MR) is 78.0 cm³/mol. The lowest BCUT2D eigenvalue weighted by molar-refractivity contribution is 0.517. The first-order valence-electron chi connectivity index (χ1n) is 6.68. The van der Waals surface area contributed by atoms with Crippen LogP contribution in [0.3, 0.4) is 0 Å². The van der Waals surface area contributed by atoms with Crippen LogP contribution in [0.25, 0.3) is 0 Å². The van der Waals surface area contributed by atoms with Crippen LogP contribution in [0.2, 0.25) is 0 Å². The Bertz CT molecular complexity index is 420. The number of hydrogen-bond donors (Lipinski definition) is 0. The van der Waals surface area contributed by atoms with Crippen molar-refractivity contribution in [1.82, 2.24) is 0 Å². The van der Waals surface area contributed by atoms with E-state index in [-0.39, 0.29) is 5.41 Å². The van der Waals surface area contributed by atoms with Gasteiger partial charge >= 0.3 is 0 Å². The van der Waals surface area contributed by atoms with Crippen molar-refractivity contribution in [2.45, 2.75) is 46.5 Å². The van der Waals surface area contributed by atoms with Crippen molar-refractivity contribution in [3.8, 4) is 6.07 Å². The molecule has 1 aliphatic rings. The molecule has 0 aromatic carbocycles. The number of rotatable bonds is 3. The maximum absolute atomic E-state index is 8.52. The molecule has 1 aliphatic carbocycles. The van der Waals surface area contributed by atoms with Crippen LogP contribution >= 0.6 is 0 Å². The molecule has 0 aliphatic heterocycles. The number of nitriles is 1. The molecule has 0 spiro atoms. The first kappa shape index (κ1) is 14.5. The lowest BCUT2D eigenvalue weighted by Gasteiger charge is -2.20. The quantitative estimate of drug-likeness (QED) is 0.498. The molecule has 0 aromatic heterocycles. The van der Waals surface area contributed by atoms with Crippen LogP contribution in [0.1, 0.15) is 46.5 Å². The summed E-state index contributed by atoms with van der Waals surface area (Å²) in [6.45, 7) is 6.58. The Balaban J connectivity index is 2.82. The summed E-state index contributed by atoms with van der Waals surface area (Å²) in [5.41, 5.74) is 2.80. The highest BCUT2D eigenvalue weighted by molar-refractivity contribution is 5.34. The highest BCUT2D eigenvalue weighted by Gasteiger charge is 2.13. The predicted octanol–water partition coefficient (Wildman–Crippen LogP) is 5.10. The molecule has 1 heteroatoms. The van der Waals surface area contributed by atoms with Gasteiger partial charge < -0.3 is 0 Å². The van der Waals surface area contributed by atoms with Crippen molar-refractivity contribution < 1.29 is 0 Å². The summed E-state index contributed by atoms with van der Waals surface area (Å²) in [4.78, 5) is 0. The van der Waals surface area contributed by atoms with Gasteiger partial charge in [0.15, 0.2) is 0 Å². The van der Waals surface area contributed by atoms with Gasteiger partial charge in [-0.2, -0.15) is 5.26 Å². The largest absolute Gasteiger partial charge is 0.193 e. The average molecular weight is 241 g/mol. The second kappa shape index (κ2) is 7.01. The first-order valence-corrected chi connectivity index (χ1v) is 6.68. The average Bonchev–Trinajstić information content (AvgIpc) is 2.33. The van der Waals surface area contributed by atoms with Crippen LogP contribution in [0.5, 0.6) is 0 Å². The van der Waals surface area contributed by atoms with E-state index in [4.69, 9.17) is 5.26 Å². The van der Waals surface area contributed by atoms with E-state index in [1.807, 2.05) is 18.2 Å². The zero-order valence-electron chi connectivity index (χ0n) is 11.7. The van der Waals surface area contributed by atoms with Gasteiger partial charge in [-0.05, 0) is 36.7 Å². The molecule has 0 atom stereocenters. The van der Waals surface area contributed by atoms with E-state index in [9.17, 15) is 0 Å². The topological polar surface area (TPSA) is 23.8 Å². The summed E-state index contributed by atoms with van der Waals surface area (Å²) < 4.78 is 0. The highest BCUT2D eigenvalue weighted by atomic mass is 14.2. The van der Waals surface area contributed by atoms with Crippen molar-refractivity contribution in [3.05, 3.63) is 47.6 Å². The van der Waals surface area contributed by atoms with E-state index in [1.165, 1.54) is 42.9 Å². The fourth-order valence-corrected chi connectivity index (χ4v) is 1.96. The number of hydrogen-bond acceptors (Lipinski definition) is 1. The highest BCUT2D eigenvalue weighted by Crippen LogP contribution is 2.27. The molecule has 0 N–H and O–H groups in total. The van der Waals surface area contributed by atoms with Gasteiger partial charge in [-0.25, -0.2) is 0 Å². The van der Waals surface area contributed by atoms with E-state index in [1.54, 1.807) is 0 Å². The van der Waals surface area contributed by atoms with E-state index in [0.29, 0.717) is 0 Å². The molecule has 1 nitrogen and oxygen atoms in total. The third-order valence-electron chi connectivity index (χ3n) is 3.12. The normalized spacial score (nSPS) is 18.1. The number of nitrogens with zero attached hydrogens (tertiary/aromatic N) is 1. The van der Waals surface area contributed by atoms with Crippen LogP contribution in [-0.2, 0) is 0 Å². The summed E-state index contributed by atoms with van der Waals surface area (Å²) in [5, 5.41) is 8.52. The van der Waals surface area contributed by atoms with Gasteiger partial charge in [0.25, 0.3) is 0 Å². The SMILES string of the molecule is CC(C)(C)C(=C\C=C\C#N)/C=C/C1=CCCCC1. The molecular formula is C17H23N. The van der Waals surface area contributed by atoms with Crippen molar-refractivity contribution in [3.63, 3.8) is 0 Å². The number of allylic oxidation sites excluding steroid dienone is 8. The maximum Gasteiger partial charge on any atom is 0.0912 e. The molecule has 0 amide bonds. The van der Waals surface area contributed by atoms with Gasteiger partial charge in [-0.3, -0.25) is 0 Å². The summed E-state index contributed by atoms with van der Waals surface area (Å²) >= 11 is 0. The summed E-state index contributed by atoms with van der Waals surface area (Å²) in [6.07, 6.45) is 17.2. The van der Waals surface area contributed by atoms with Gasteiger partial charge in [0.1, 0.15) is 0 Å². The Labute approximate surface area is 111 Å². The standard InChI is InChI=1S/C17H23N/c1-17(2,3)16(11-7-8-14-18)13-12-15-9-5-4-6-10-15/h7-9,11-13H,4-6,10H2,1-3H3/b8-7+,13-12+,16-11-. The molecule has 1 rings (SSSR count). The fraction of sp³-hybridized carbons (Fsp3) is 0.471. The molecule has 0 saturated carbocycles. The van der Waals surface area contributed by atoms with Crippen LogP contribution in [0.4, 0.5) is 0 Å². The van der Waals surface area contributed by atoms with Gasteiger partial charge in [-0.15, -0.1) is 0 Å². The molecule has 96 valence electrons. The van der Waals surface area contributed by atoms with Crippen LogP contribution < -0.4 is 0 Å². The summed E-state index contributed by atoms with van der Waals surface area (Å²) in [7, 11) is 0. The minimum atomic E-state index is 0.103. The minimum absolute atomic E-state index is 0.103. The first-order chi connectivity index (χ1) is 8.54. The van der Waals surface area contributed by atoms with Crippen molar-refractivity contribution in [2.24, 2.45) is 5.41 Å². The minimum Gasteiger partial charge on any atom is -0.193 e. The molecule has 0 aromatic rings. The molecule has 0 bridgehead atoms. The molecule has 0 unspecified atom stereocenters. The third-order valence-corrected chi connectivity index (χ3v) is 3.12. The Morgan fingerprint density at radius 2 is 2.11 bits per heavy atom. The molecule has 18 heavy (non-hydrogen) atoms. The maximum atomic E-state index is 8.52. The fourth-order valence-electron chi connectivity index (χ4n) is 1.96. The van der Waals surface area contributed by atoms with Crippen LogP contribution in [0, 0.1) is 16.7 Å². The second-order valence-electron chi connectivity index (χ2n) is 5.72. The third kappa shape index (κ3) is 5.19. The van der Waals surface area contributed by atoms with Gasteiger partial charge in [0.2, 0.25) is 0 Å². The van der Waals surface area contributed by atoms with E-state index in [0.717, 1.165) is 0 Å². The monoisotopic (exact) mass is 241 g/mol. The molecule has 0 radical (unpaired) electrons. The summed E-state index contributed by atoms with van der Waals surface area (Å²) in [5.74, 6) is 0. The zero-order valence-corrected chi connectivity index (χ0v) is 11.7. The van der Waals surface area contributed by atoms with E-state index in [2.05, 4.69) is 39.0 Å². The van der Waals surface area contributed by atoms with Crippen molar-refractivity contribution in [1.29, 1.82) is 5.26 Å². The van der Waals surface area contributed by atoms with Crippen molar-refractivity contribution >= 4 is 0 Å². The van der Waals surface area contributed by atoms with Gasteiger partial charge in [0, 0.05) is 6.08 Å². The molecular weight excluding hydrogens is 218 g/mol. The molecule has 0 heterocycles. The van der Waals surface area contributed by atoms with Gasteiger partial charge in [0.05, 0.1) is 6.07 Å². The zero-order chi connectivity index (χ0) is 13.4. The Morgan fingerprint density at radius 3 is 2.67 bits per heavy atom. The summed E-state index contributed by atoms with van der Waals surface area (Å²) in [6, 6.07) is 2.02. The Hall–Kier alpha value is -1.55. The Kier molecular flexibility index (Phi) is 5.65. The lowest BCUT2D eigenvalue weighted by atomic mass is 9.85. The van der Waals surface area contributed by atoms with Crippen LogP contribution in [0.15, 0.2) is 47.6 Å².